The van der Waals surface area contributed by atoms with E-state index in [9.17, 15) is 5.11 Å². The Morgan fingerprint density at radius 2 is 2.31 bits per heavy atom. The van der Waals surface area contributed by atoms with E-state index in [0.29, 0.717) is 5.16 Å². The molecule has 2 rings (SSSR count). The number of hydrogen-bond donors (Lipinski definition) is 1. The first kappa shape index (κ1) is 11.6. The number of aliphatic hydroxyl groups excluding tert-OH is 1. The minimum atomic E-state index is 0.000886. The van der Waals surface area contributed by atoms with Gasteiger partial charge in [-0.05, 0) is 39.9 Å². The lowest BCUT2D eigenvalue weighted by Crippen LogP contribution is -1.94. The molecular formula is C9H9BrN4OS. The van der Waals surface area contributed by atoms with Crippen molar-refractivity contribution in [1.29, 1.82) is 0 Å². The van der Waals surface area contributed by atoms with Gasteiger partial charge in [-0.15, -0.1) is 5.10 Å². The summed E-state index contributed by atoms with van der Waals surface area (Å²) in [6.45, 7) is 0.000886. The van der Waals surface area contributed by atoms with Crippen LogP contribution in [0.3, 0.4) is 0 Å². The number of rotatable bonds is 3. The van der Waals surface area contributed by atoms with Crippen LogP contribution in [0, 0.1) is 0 Å². The topological polar surface area (TPSA) is 63.8 Å². The summed E-state index contributed by atoms with van der Waals surface area (Å²) >= 11 is 4.82. The SMILES string of the molecule is Cn1nnnc1Sc1cc(Br)ccc1CO. The summed E-state index contributed by atoms with van der Waals surface area (Å²) in [6.07, 6.45) is 0. The molecule has 2 aromatic rings. The number of tetrazole rings is 1. The van der Waals surface area contributed by atoms with Crippen molar-refractivity contribution in [2.45, 2.75) is 16.7 Å². The number of hydrogen-bond acceptors (Lipinski definition) is 5. The summed E-state index contributed by atoms with van der Waals surface area (Å²) < 4.78 is 2.55. The van der Waals surface area contributed by atoms with Crippen LogP contribution in [0.5, 0.6) is 0 Å². The average molecular weight is 301 g/mol. The minimum Gasteiger partial charge on any atom is -0.392 e. The minimum absolute atomic E-state index is 0.000886. The second-order valence-electron chi connectivity index (χ2n) is 3.10. The Hall–Kier alpha value is -0.920. The van der Waals surface area contributed by atoms with Crippen molar-refractivity contribution in [1.82, 2.24) is 20.2 Å². The fourth-order valence-electron chi connectivity index (χ4n) is 1.16. The van der Waals surface area contributed by atoms with E-state index in [1.54, 1.807) is 11.7 Å². The van der Waals surface area contributed by atoms with Gasteiger partial charge in [0.05, 0.1) is 6.61 Å². The molecule has 7 heteroatoms. The van der Waals surface area contributed by atoms with Crippen molar-refractivity contribution in [3.63, 3.8) is 0 Å². The number of aryl methyl sites for hydroxylation is 1. The van der Waals surface area contributed by atoms with Crippen LogP contribution in [0.25, 0.3) is 0 Å². The van der Waals surface area contributed by atoms with Crippen molar-refractivity contribution < 1.29 is 5.11 Å². The van der Waals surface area contributed by atoms with Gasteiger partial charge in [0.25, 0.3) is 0 Å². The Morgan fingerprint density at radius 1 is 1.50 bits per heavy atom. The third kappa shape index (κ3) is 2.42. The molecule has 0 aliphatic rings. The zero-order valence-electron chi connectivity index (χ0n) is 8.46. The highest BCUT2D eigenvalue weighted by Gasteiger charge is 2.09. The van der Waals surface area contributed by atoms with Gasteiger partial charge in [-0.25, -0.2) is 4.68 Å². The van der Waals surface area contributed by atoms with E-state index in [1.165, 1.54) is 11.8 Å². The Labute approximate surface area is 105 Å². The molecule has 1 aromatic carbocycles. The first-order chi connectivity index (χ1) is 7.70. The molecule has 1 aromatic heterocycles. The second kappa shape index (κ2) is 4.94. The quantitative estimate of drug-likeness (QED) is 0.933. The van der Waals surface area contributed by atoms with Crippen molar-refractivity contribution >= 4 is 27.7 Å². The third-order valence-corrected chi connectivity index (χ3v) is 3.60. The van der Waals surface area contributed by atoms with Crippen LogP contribution in [0.15, 0.2) is 32.7 Å². The molecule has 0 aliphatic heterocycles. The lowest BCUT2D eigenvalue weighted by atomic mass is 10.2. The van der Waals surface area contributed by atoms with Crippen LogP contribution < -0.4 is 0 Å². The highest BCUT2D eigenvalue weighted by atomic mass is 79.9. The van der Waals surface area contributed by atoms with E-state index in [1.807, 2.05) is 18.2 Å². The van der Waals surface area contributed by atoms with Gasteiger partial charge in [0, 0.05) is 16.4 Å². The molecule has 0 aliphatic carbocycles. The van der Waals surface area contributed by atoms with Crippen LogP contribution in [0.4, 0.5) is 0 Å². The first-order valence-corrected chi connectivity index (χ1v) is 6.11. The van der Waals surface area contributed by atoms with E-state index in [0.717, 1.165) is 14.9 Å². The molecule has 84 valence electrons. The number of halogens is 1. The molecule has 1 heterocycles. The van der Waals surface area contributed by atoms with Crippen LogP contribution >= 0.6 is 27.7 Å². The molecule has 16 heavy (non-hydrogen) atoms. The lowest BCUT2D eigenvalue weighted by molar-refractivity contribution is 0.279. The summed E-state index contributed by atoms with van der Waals surface area (Å²) in [7, 11) is 1.78. The van der Waals surface area contributed by atoms with Gasteiger partial charge in [-0.2, -0.15) is 0 Å². The Kier molecular flexibility index (Phi) is 3.57. The number of aliphatic hydroxyl groups is 1. The smallest absolute Gasteiger partial charge is 0.213 e. The molecule has 0 atom stereocenters. The lowest BCUT2D eigenvalue weighted by Gasteiger charge is -2.06. The van der Waals surface area contributed by atoms with Crippen molar-refractivity contribution in [2.24, 2.45) is 7.05 Å². The molecule has 0 radical (unpaired) electrons. The predicted octanol–water partition coefficient (Wildman–Crippen LogP) is 1.62. The van der Waals surface area contributed by atoms with Crippen molar-refractivity contribution in [2.75, 3.05) is 0 Å². The number of nitrogens with zero attached hydrogens (tertiary/aromatic N) is 4. The standard InChI is InChI=1S/C9H9BrN4OS/c1-14-9(11-12-13-14)16-8-4-7(10)3-2-6(8)5-15/h2-4,15H,5H2,1H3. The zero-order chi connectivity index (χ0) is 11.5. The fraction of sp³-hybridized carbons (Fsp3) is 0.222. The average Bonchev–Trinajstić information content (AvgIpc) is 2.65. The highest BCUT2D eigenvalue weighted by molar-refractivity contribution is 9.10. The maximum Gasteiger partial charge on any atom is 0.213 e. The van der Waals surface area contributed by atoms with E-state index >= 15 is 0 Å². The Morgan fingerprint density at radius 3 is 2.94 bits per heavy atom. The molecule has 0 saturated carbocycles. The van der Waals surface area contributed by atoms with Gasteiger partial charge in [0.15, 0.2) is 0 Å². The predicted molar refractivity (Wildman–Crippen MR) is 63.0 cm³/mol. The van der Waals surface area contributed by atoms with E-state index in [2.05, 4.69) is 31.5 Å². The summed E-state index contributed by atoms with van der Waals surface area (Å²) in [5.41, 5.74) is 0.858. The summed E-state index contributed by atoms with van der Waals surface area (Å²) in [5.74, 6) is 0. The van der Waals surface area contributed by atoms with E-state index in [-0.39, 0.29) is 6.61 Å². The molecule has 0 fully saturated rings. The number of benzene rings is 1. The van der Waals surface area contributed by atoms with Gasteiger partial charge < -0.3 is 5.11 Å². The van der Waals surface area contributed by atoms with Crippen LogP contribution in [0.1, 0.15) is 5.56 Å². The maximum atomic E-state index is 9.22. The van der Waals surface area contributed by atoms with Gasteiger partial charge in [0.1, 0.15) is 0 Å². The van der Waals surface area contributed by atoms with E-state index in [4.69, 9.17) is 0 Å². The molecule has 0 bridgehead atoms. The molecule has 0 spiro atoms. The maximum absolute atomic E-state index is 9.22. The molecule has 1 N–H and O–H groups in total. The largest absolute Gasteiger partial charge is 0.392 e. The third-order valence-electron chi connectivity index (χ3n) is 1.98. The van der Waals surface area contributed by atoms with Crippen molar-refractivity contribution in [3.05, 3.63) is 28.2 Å². The second-order valence-corrected chi connectivity index (χ2v) is 5.02. The first-order valence-electron chi connectivity index (χ1n) is 4.50. The van der Waals surface area contributed by atoms with Gasteiger partial charge in [-0.3, -0.25) is 0 Å². The summed E-state index contributed by atoms with van der Waals surface area (Å²) in [4.78, 5) is 0.940. The molecule has 5 nitrogen and oxygen atoms in total. The molecule has 0 unspecified atom stereocenters. The van der Waals surface area contributed by atoms with Crippen LogP contribution in [0.2, 0.25) is 0 Å². The molecular weight excluding hydrogens is 292 g/mol. The summed E-state index contributed by atoms with van der Waals surface area (Å²) in [6, 6.07) is 5.70. The van der Waals surface area contributed by atoms with Crippen LogP contribution in [-0.4, -0.2) is 25.3 Å². The fourth-order valence-corrected chi connectivity index (χ4v) is 2.56. The van der Waals surface area contributed by atoms with Crippen LogP contribution in [-0.2, 0) is 13.7 Å². The van der Waals surface area contributed by atoms with Crippen molar-refractivity contribution in [3.8, 4) is 0 Å². The van der Waals surface area contributed by atoms with E-state index < -0.39 is 0 Å². The molecule has 0 saturated heterocycles. The summed E-state index contributed by atoms with van der Waals surface area (Å²) in [5, 5.41) is 21.1. The van der Waals surface area contributed by atoms with Gasteiger partial charge in [-0.1, -0.05) is 22.0 Å². The number of aromatic nitrogens is 4. The normalized spacial score (nSPS) is 10.7. The monoisotopic (exact) mass is 300 g/mol. The molecule has 0 amide bonds. The highest BCUT2D eigenvalue weighted by Crippen LogP contribution is 2.30. The van der Waals surface area contributed by atoms with Gasteiger partial charge >= 0.3 is 0 Å². The van der Waals surface area contributed by atoms with Gasteiger partial charge in [0.2, 0.25) is 5.16 Å². The Bertz CT molecular complexity index is 502. The zero-order valence-corrected chi connectivity index (χ0v) is 10.9. The Balaban J connectivity index is 2.33.